The molecule has 1 fully saturated rings. The minimum atomic E-state index is -3.43. The molecule has 2 unspecified atom stereocenters. The number of sulfonamides is 1. The summed E-state index contributed by atoms with van der Waals surface area (Å²) in [5.74, 6) is 0.355. The van der Waals surface area contributed by atoms with Gasteiger partial charge < -0.3 is 5.11 Å². The number of nitrogens with one attached hydrogen (secondary N) is 1. The van der Waals surface area contributed by atoms with Crippen LogP contribution in [-0.2, 0) is 10.0 Å². The van der Waals surface area contributed by atoms with E-state index in [0.29, 0.717) is 10.8 Å². The molecule has 5 heteroatoms. The zero-order chi connectivity index (χ0) is 14.6. The van der Waals surface area contributed by atoms with Crippen LogP contribution in [0.4, 0.5) is 0 Å². The third-order valence-corrected chi connectivity index (χ3v) is 5.18. The van der Waals surface area contributed by atoms with E-state index in [1.165, 1.54) is 0 Å². The molecule has 0 heterocycles. The van der Waals surface area contributed by atoms with E-state index in [4.69, 9.17) is 5.11 Å². The van der Waals surface area contributed by atoms with Gasteiger partial charge in [-0.2, -0.15) is 0 Å². The highest BCUT2D eigenvalue weighted by molar-refractivity contribution is 7.89. The Kier molecular flexibility index (Phi) is 4.96. The van der Waals surface area contributed by atoms with Crippen molar-refractivity contribution >= 4 is 10.0 Å². The number of aliphatic hydroxyl groups excluding tert-OH is 1. The van der Waals surface area contributed by atoms with Crippen LogP contribution in [-0.4, -0.2) is 26.2 Å². The zero-order valence-corrected chi connectivity index (χ0v) is 12.4. The summed E-state index contributed by atoms with van der Waals surface area (Å²) in [6.45, 7) is 1.97. The maximum Gasteiger partial charge on any atom is 0.240 e. The number of hydrogen-bond acceptors (Lipinski definition) is 3. The fourth-order valence-corrected chi connectivity index (χ4v) is 3.84. The van der Waals surface area contributed by atoms with Gasteiger partial charge in [0.1, 0.15) is 0 Å². The summed E-state index contributed by atoms with van der Waals surface area (Å²) in [6, 6.07) is 6.85. The number of benzene rings is 1. The molecule has 2 N–H and O–H groups in total. The molecule has 110 valence electrons. The fourth-order valence-electron chi connectivity index (χ4n) is 2.56. The summed E-state index contributed by atoms with van der Waals surface area (Å²) in [7, 11) is -3.43. The summed E-state index contributed by atoms with van der Waals surface area (Å²) in [5.41, 5.74) is 1.04. The van der Waals surface area contributed by atoms with Crippen LogP contribution >= 0.6 is 0 Å². The van der Waals surface area contributed by atoms with Crippen molar-refractivity contribution in [1.82, 2.24) is 4.72 Å². The molecule has 0 bridgehead atoms. The Morgan fingerprint density at radius 1 is 1.30 bits per heavy atom. The predicted octanol–water partition coefficient (Wildman–Crippen LogP) is 1.99. The average Bonchev–Trinajstić information content (AvgIpc) is 2.83. The van der Waals surface area contributed by atoms with Crippen LogP contribution in [0, 0.1) is 12.8 Å². The average molecular weight is 295 g/mol. The molecule has 1 saturated carbocycles. The van der Waals surface area contributed by atoms with E-state index in [-0.39, 0.29) is 12.6 Å². The SMILES string of the molecule is Cc1ccc(S(=O)(=O)NC2CCC(/C=C/CO)C2)cc1. The maximum absolute atomic E-state index is 12.3. The first-order valence-electron chi connectivity index (χ1n) is 6.88. The lowest BCUT2D eigenvalue weighted by atomic mass is 10.1. The lowest BCUT2D eigenvalue weighted by Gasteiger charge is -2.13. The van der Waals surface area contributed by atoms with Crippen LogP contribution < -0.4 is 4.72 Å². The van der Waals surface area contributed by atoms with Gasteiger partial charge in [0.15, 0.2) is 0 Å². The Morgan fingerprint density at radius 2 is 2.00 bits per heavy atom. The molecule has 0 spiro atoms. The molecule has 0 saturated heterocycles. The molecule has 0 amide bonds. The van der Waals surface area contributed by atoms with Crippen molar-refractivity contribution < 1.29 is 13.5 Å². The molecule has 0 radical (unpaired) electrons. The summed E-state index contributed by atoms with van der Waals surface area (Å²) in [4.78, 5) is 0.317. The van der Waals surface area contributed by atoms with Crippen LogP contribution in [0.5, 0.6) is 0 Å². The summed E-state index contributed by atoms with van der Waals surface area (Å²) >= 11 is 0. The Morgan fingerprint density at radius 3 is 2.65 bits per heavy atom. The highest BCUT2D eigenvalue weighted by Crippen LogP contribution is 2.27. The second-order valence-corrected chi connectivity index (χ2v) is 7.03. The van der Waals surface area contributed by atoms with Gasteiger partial charge in [-0.3, -0.25) is 0 Å². The number of allylic oxidation sites excluding steroid dienone is 1. The van der Waals surface area contributed by atoms with Gasteiger partial charge in [0.25, 0.3) is 0 Å². The molecule has 1 aromatic carbocycles. The van der Waals surface area contributed by atoms with E-state index >= 15 is 0 Å². The van der Waals surface area contributed by atoms with E-state index in [1.807, 2.05) is 13.0 Å². The van der Waals surface area contributed by atoms with Crippen molar-refractivity contribution in [2.45, 2.75) is 37.1 Å². The highest BCUT2D eigenvalue weighted by atomic mass is 32.2. The van der Waals surface area contributed by atoms with Crippen LogP contribution in [0.15, 0.2) is 41.3 Å². The molecule has 1 aliphatic carbocycles. The van der Waals surface area contributed by atoms with Gasteiger partial charge in [0, 0.05) is 6.04 Å². The third kappa shape index (κ3) is 3.91. The van der Waals surface area contributed by atoms with Crippen LogP contribution in [0.25, 0.3) is 0 Å². The normalized spacial score (nSPS) is 23.5. The van der Waals surface area contributed by atoms with Gasteiger partial charge in [-0.25, -0.2) is 13.1 Å². The Bertz CT molecular complexity index is 563. The summed E-state index contributed by atoms with van der Waals surface area (Å²) in [6.07, 6.45) is 6.28. The van der Waals surface area contributed by atoms with Gasteiger partial charge in [-0.15, -0.1) is 0 Å². The smallest absolute Gasteiger partial charge is 0.240 e. The van der Waals surface area contributed by atoms with Gasteiger partial charge in [-0.05, 0) is 44.2 Å². The lowest BCUT2D eigenvalue weighted by molar-refractivity contribution is 0.341. The van der Waals surface area contributed by atoms with Gasteiger partial charge in [-0.1, -0.05) is 29.8 Å². The minimum absolute atomic E-state index is 0.0188. The zero-order valence-electron chi connectivity index (χ0n) is 11.6. The third-order valence-electron chi connectivity index (χ3n) is 3.64. The highest BCUT2D eigenvalue weighted by Gasteiger charge is 2.27. The molecule has 2 atom stereocenters. The first-order chi connectivity index (χ1) is 9.51. The monoisotopic (exact) mass is 295 g/mol. The van der Waals surface area contributed by atoms with Crippen molar-refractivity contribution in [3.05, 3.63) is 42.0 Å². The molecule has 20 heavy (non-hydrogen) atoms. The first-order valence-corrected chi connectivity index (χ1v) is 8.36. The van der Waals surface area contributed by atoms with E-state index in [1.54, 1.807) is 30.3 Å². The summed E-state index contributed by atoms with van der Waals surface area (Å²) in [5, 5.41) is 8.75. The van der Waals surface area contributed by atoms with Crippen molar-refractivity contribution in [3.63, 3.8) is 0 Å². The molecular weight excluding hydrogens is 274 g/mol. The van der Waals surface area contributed by atoms with Crippen molar-refractivity contribution in [2.75, 3.05) is 6.61 Å². The van der Waals surface area contributed by atoms with Crippen molar-refractivity contribution in [3.8, 4) is 0 Å². The van der Waals surface area contributed by atoms with E-state index in [9.17, 15) is 8.42 Å². The first kappa shape index (κ1) is 15.2. The number of aryl methyl sites for hydroxylation is 1. The summed E-state index contributed by atoms with van der Waals surface area (Å²) < 4.78 is 27.3. The van der Waals surface area contributed by atoms with Crippen LogP contribution in [0.2, 0.25) is 0 Å². The van der Waals surface area contributed by atoms with E-state index in [2.05, 4.69) is 4.72 Å². The molecule has 4 nitrogen and oxygen atoms in total. The second kappa shape index (κ2) is 6.52. The number of rotatable bonds is 5. The minimum Gasteiger partial charge on any atom is -0.392 e. The molecule has 0 aliphatic heterocycles. The Hall–Kier alpha value is -1.17. The quantitative estimate of drug-likeness (QED) is 0.816. The van der Waals surface area contributed by atoms with E-state index < -0.39 is 10.0 Å². The van der Waals surface area contributed by atoms with Gasteiger partial charge >= 0.3 is 0 Å². The largest absolute Gasteiger partial charge is 0.392 e. The maximum atomic E-state index is 12.3. The van der Waals surface area contributed by atoms with Crippen molar-refractivity contribution in [1.29, 1.82) is 0 Å². The van der Waals surface area contributed by atoms with Crippen LogP contribution in [0.1, 0.15) is 24.8 Å². The van der Waals surface area contributed by atoms with Gasteiger partial charge in [0.05, 0.1) is 11.5 Å². The van der Waals surface area contributed by atoms with E-state index in [0.717, 1.165) is 24.8 Å². The molecule has 1 aliphatic rings. The van der Waals surface area contributed by atoms with Gasteiger partial charge in [0.2, 0.25) is 10.0 Å². The Balaban J connectivity index is 1.99. The number of hydrogen-bond donors (Lipinski definition) is 2. The predicted molar refractivity (Wildman–Crippen MR) is 78.9 cm³/mol. The standard InChI is InChI=1S/C15H21NO3S/c1-12-4-8-15(9-5-12)20(18,19)16-14-7-6-13(11-14)3-2-10-17/h2-5,8-9,13-14,16-17H,6-7,10-11H2,1H3/b3-2+. The molecule has 0 aromatic heterocycles. The fraction of sp³-hybridized carbons (Fsp3) is 0.467. The topological polar surface area (TPSA) is 66.4 Å². The molecule has 2 rings (SSSR count). The molecular formula is C15H21NO3S. The van der Waals surface area contributed by atoms with Crippen molar-refractivity contribution in [2.24, 2.45) is 5.92 Å². The Labute approximate surface area is 120 Å². The number of aliphatic hydroxyl groups is 1. The molecule has 1 aromatic rings. The second-order valence-electron chi connectivity index (χ2n) is 5.32. The van der Waals surface area contributed by atoms with Crippen LogP contribution in [0.3, 0.4) is 0 Å². The lowest BCUT2D eigenvalue weighted by Crippen LogP contribution is -2.32.